The lowest BCUT2D eigenvalue weighted by molar-refractivity contribution is 0.0940. The molecule has 1 atom stereocenters. The van der Waals surface area contributed by atoms with Crippen LogP contribution < -0.4 is 16.4 Å². The van der Waals surface area contributed by atoms with Crippen LogP contribution >= 0.6 is 0 Å². The molecular weight excluding hydrogens is 306 g/mol. The number of rotatable bonds is 5. The number of aromatic nitrogens is 2. The highest BCUT2D eigenvalue weighted by Crippen LogP contribution is 2.15. The van der Waals surface area contributed by atoms with E-state index in [9.17, 15) is 9.59 Å². The van der Waals surface area contributed by atoms with Crippen molar-refractivity contribution in [1.29, 1.82) is 0 Å². The molecule has 128 valence electrons. The van der Waals surface area contributed by atoms with Crippen LogP contribution in [0, 0.1) is 13.8 Å². The maximum Gasteiger partial charge on any atom is 0.316 e. The summed E-state index contributed by atoms with van der Waals surface area (Å²) in [5.41, 5.74) is 9.26. The second kappa shape index (κ2) is 7.16. The van der Waals surface area contributed by atoms with Gasteiger partial charge < -0.3 is 16.4 Å². The molecule has 0 saturated heterocycles. The number of anilines is 1. The van der Waals surface area contributed by atoms with Crippen molar-refractivity contribution in [1.82, 2.24) is 15.1 Å². The number of benzene rings is 1. The number of carbonyl (C=O) groups is 2. The standard InChI is InChI=1S/C17H23N5O2/c1-10(8-15-11(2)21-22(4)12(15)3)19-16(23)13-6-5-7-14(9-13)20-17(18)24/h5-7,9-10H,8H2,1-4H3,(H,19,23)(H3,18,20,24). The number of hydrogen-bond donors (Lipinski definition) is 3. The van der Waals surface area contributed by atoms with Gasteiger partial charge in [-0.2, -0.15) is 5.10 Å². The fourth-order valence-corrected chi connectivity index (χ4v) is 2.66. The predicted octanol–water partition coefficient (Wildman–Crippen LogP) is 1.89. The summed E-state index contributed by atoms with van der Waals surface area (Å²) in [4.78, 5) is 23.3. The Morgan fingerprint density at radius 3 is 2.62 bits per heavy atom. The second-order valence-electron chi connectivity index (χ2n) is 5.92. The fraction of sp³-hybridized carbons (Fsp3) is 0.353. The zero-order chi connectivity index (χ0) is 17.9. The molecule has 0 radical (unpaired) electrons. The highest BCUT2D eigenvalue weighted by Gasteiger charge is 2.15. The van der Waals surface area contributed by atoms with E-state index in [4.69, 9.17) is 5.73 Å². The Labute approximate surface area is 141 Å². The minimum absolute atomic E-state index is 0.0492. The van der Waals surface area contributed by atoms with Crippen LogP contribution in [-0.4, -0.2) is 27.8 Å². The number of aryl methyl sites for hydroxylation is 2. The van der Waals surface area contributed by atoms with Gasteiger partial charge in [-0.25, -0.2) is 4.79 Å². The summed E-state index contributed by atoms with van der Waals surface area (Å²) in [6, 6.07) is 5.94. The minimum Gasteiger partial charge on any atom is -0.351 e. The SMILES string of the molecule is Cc1nn(C)c(C)c1CC(C)NC(=O)c1cccc(NC(N)=O)c1. The summed E-state index contributed by atoms with van der Waals surface area (Å²) in [6.45, 7) is 5.94. The van der Waals surface area contributed by atoms with Crippen molar-refractivity contribution in [3.63, 3.8) is 0 Å². The quantitative estimate of drug-likeness (QED) is 0.780. The lowest BCUT2D eigenvalue weighted by Gasteiger charge is -2.15. The fourth-order valence-electron chi connectivity index (χ4n) is 2.66. The lowest BCUT2D eigenvalue weighted by atomic mass is 10.0. The Bertz CT molecular complexity index is 766. The summed E-state index contributed by atoms with van der Waals surface area (Å²) in [5.74, 6) is -0.199. The van der Waals surface area contributed by atoms with Gasteiger partial charge >= 0.3 is 6.03 Å². The van der Waals surface area contributed by atoms with Gasteiger partial charge in [0.05, 0.1) is 5.69 Å². The molecule has 3 amide bonds. The Morgan fingerprint density at radius 1 is 1.33 bits per heavy atom. The average molecular weight is 329 g/mol. The third-order valence-corrected chi connectivity index (χ3v) is 3.94. The molecule has 0 aliphatic carbocycles. The van der Waals surface area contributed by atoms with E-state index < -0.39 is 6.03 Å². The summed E-state index contributed by atoms with van der Waals surface area (Å²) in [7, 11) is 1.91. The van der Waals surface area contributed by atoms with Crippen molar-refractivity contribution >= 4 is 17.6 Å². The molecule has 2 aromatic rings. The number of nitrogens with zero attached hydrogens (tertiary/aromatic N) is 2. The molecule has 1 aromatic heterocycles. The van der Waals surface area contributed by atoms with Crippen molar-refractivity contribution < 1.29 is 9.59 Å². The van der Waals surface area contributed by atoms with Gasteiger partial charge in [-0.1, -0.05) is 6.07 Å². The molecule has 1 unspecified atom stereocenters. The maximum absolute atomic E-state index is 12.4. The normalized spacial score (nSPS) is 11.8. The summed E-state index contributed by atoms with van der Waals surface area (Å²) in [6.07, 6.45) is 0.705. The van der Waals surface area contributed by atoms with E-state index in [0.29, 0.717) is 17.7 Å². The van der Waals surface area contributed by atoms with Crippen molar-refractivity contribution in [3.05, 3.63) is 46.8 Å². The Morgan fingerprint density at radius 2 is 2.04 bits per heavy atom. The monoisotopic (exact) mass is 329 g/mol. The van der Waals surface area contributed by atoms with Gasteiger partial charge in [-0.15, -0.1) is 0 Å². The topological polar surface area (TPSA) is 102 Å². The molecule has 2 rings (SSSR count). The molecule has 7 heteroatoms. The van der Waals surface area contributed by atoms with Gasteiger partial charge in [0.25, 0.3) is 5.91 Å². The van der Waals surface area contributed by atoms with E-state index >= 15 is 0 Å². The number of nitrogens with one attached hydrogen (secondary N) is 2. The summed E-state index contributed by atoms with van der Waals surface area (Å²) in [5, 5.41) is 9.82. The predicted molar refractivity (Wildman–Crippen MR) is 93.0 cm³/mol. The molecule has 1 heterocycles. The first-order valence-electron chi connectivity index (χ1n) is 7.74. The third kappa shape index (κ3) is 4.13. The minimum atomic E-state index is -0.663. The van der Waals surface area contributed by atoms with Crippen LogP contribution in [0.3, 0.4) is 0 Å². The first kappa shape index (κ1) is 17.5. The molecule has 0 aliphatic rings. The van der Waals surface area contributed by atoms with Crippen LogP contribution in [0.5, 0.6) is 0 Å². The first-order chi connectivity index (χ1) is 11.3. The van der Waals surface area contributed by atoms with Crippen LogP contribution in [-0.2, 0) is 13.5 Å². The summed E-state index contributed by atoms with van der Waals surface area (Å²) < 4.78 is 1.85. The number of urea groups is 1. The third-order valence-electron chi connectivity index (χ3n) is 3.94. The highest BCUT2D eigenvalue weighted by molar-refractivity contribution is 5.96. The van der Waals surface area contributed by atoms with E-state index in [1.807, 2.05) is 32.5 Å². The van der Waals surface area contributed by atoms with Crippen molar-refractivity contribution in [2.75, 3.05) is 5.32 Å². The number of carbonyl (C=O) groups excluding carboxylic acids is 2. The van der Waals surface area contributed by atoms with Gasteiger partial charge in [0.2, 0.25) is 0 Å². The van der Waals surface area contributed by atoms with Gasteiger partial charge in [-0.3, -0.25) is 9.48 Å². The molecule has 0 spiro atoms. The summed E-state index contributed by atoms with van der Waals surface area (Å²) >= 11 is 0. The van der Waals surface area contributed by atoms with Gasteiger partial charge in [0.15, 0.2) is 0 Å². The van der Waals surface area contributed by atoms with Crippen LogP contribution in [0.2, 0.25) is 0 Å². The highest BCUT2D eigenvalue weighted by atomic mass is 16.2. The van der Waals surface area contributed by atoms with E-state index in [-0.39, 0.29) is 11.9 Å². The number of hydrogen-bond acceptors (Lipinski definition) is 3. The van der Waals surface area contributed by atoms with E-state index in [0.717, 1.165) is 17.0 Å². The van der Waals surface area contributed by atoms with Gasteiger partial charge in [0, 0.05) is 30.0 Å². The van der Waals surface area contributed by atoms with Crippen LogP contribution in [0.15, 0.2) is 24.3 Å². The largest absolute Gasteiger partial charge is 0.351 e. The molecular formula is C17H23N5O2. The molecule has 7 nitrogen and oxygen atoms in total. The molecule has 0 bridgehead atoms. The van der Waals surface area contributed by atoms with Gasteiger partial charge in [0.1, 0.15) is 0 Å². The smallest absolute Gasteiger partial charge is 0.316 e. The molecule has 24 heavy (non-hydrogen) atoms. The maximum atomic E-state index is 12.4. The lowest BCUT2D eigenvalue weighted by Crippen LogP contribution is -2.34. The van der Waals surface area contributed by atoms with Crippen LogP contribution in [0.1, 0.15) is 34.2 Å². The zero-order valence-corrected chi connectivity index (χ0v) is 14.4. The zero-order valence-electron chi connectivity index (χ0n) is 14.4. The number of amides is 3. The average Bonchev–Trinajstić information content (AvgIpc) is 2.73. The molecule has 1 aromatic carbocycles. The number of primary amides is 1. The van der Waals surface area contributed by atoms with E-state index in [2.05, 4.69) is 15.7 Å². The van der Waals surface area contributed by atoms with Crippen molar-refractivity contribution in [3.8, 4) is 0 Å². The molecule has 4 N–H and O–H groups in total. The molecule has 0 fully saturated rings. The van der Waals surface area contributed by atoms with Crippen LogP contribution in [0.4, 0.5) is 10.5 Å². The first-order valence-corrected chi connectivity index (χ1v) is 7.74. The van der Waals surface area contributed by atoms with E-state index in [1.54, 1.807) is 24.3 Å². The molecule has 0 aliphatic heterocycles. The van der Waals surface area contributed by atoms with Crippen molar-refractivity contribution in [2.45, 2.75) is 33.2 Å². The van der Waals surface area contributed by atoms with Crippen LogP contribution in [0.25, 0.3) is 0 Å². The van der Waals surface area contributed by atoms with Gasteiger partial charge in [-0.05, 0) is 51.0 Å². The Hall–Kier alpha value is -2.83. The Kier molecular flexibility index (Phi) is 5.23. The van der Waals surface area contributed by atoms with E-state index in [1.165, 1.54) is 0 Å². The second-order valence-corrected chi connectivity index (χ2v) is 5.92. The molecule has 0 saturated carbocycles. The Balaban J connectivity index is 2.05. The van der Waals surface area contributed by atoms with Crippen molar-refractivity contribution in [2.24, 2.45) is 12.8 Å². The number of nitrogens with two attached hydrogens (primary N) is 1.